The molecule has 1 unspecified atom stereocenters. The lowest BCUT2D eigenvalue weighted by molar-refractivity contribution is -0.138. The van der Waals surface area contributed by atoms with Gasteiger partial charge < -0.3 is 26.0 Å². The number of nitrogens with one attached hydrogen (secondary N) is 5. The molecule has 64 heavy (non-hydrogen) atoms. The van der Waals surface area contributed by atoms with Gasteiger partial charge in [-0.15, -0.1) is 5.10 Å². The topological polar surface area (TPSA) is 265 Å². The van der Waals surface area contributed by atoms with Gasteiger partial charge in [0.2, 0.25) is 27.8 Å². The molecule has 2 aliphatic heterocycles. The molecule has 0 radical (unpaired) electrons. The van der Waals surface area contributed by atoms with Gasteiger partial charge in [-0.3, -0.25) is 38.5 Å². The van der Waals surface area contributed by atoms with E-state index < -0.39 is 63.2 Å². The van der Waals surface area contributed by atoms with Crippen molar-refractivity contribution in [2.75, 3.05) is 58.6 Å². The van der Waals surface area contributed by atoms with Crippen molar-refractivity contribution in [1.29, 1.82) is 0 Å². The van der Waals surface area contributed by atoms with Crippen molar-refractivity contribution in [1.82, 2.24) is 40.2 Å². The van der Waals surface area contributed by atoms with Crippen LogP contribution in [0.1, 0.15) is 55.2 Å². The first-order valence-corrected chi connectivity index (χ1v) is 21.1. The van der Waals surface area contributed by atoms with Crippen LogP contribution in [0.25, 0.3) is 0 Å². The number of amides is 5. The first-order chi connectivity index (χ1) is 30.5. The Bertz CT molecular complexity index is 2740. The normalized spacial score (nSPS) is 15.1. The van der Waals surface area contributed by atoms with E-state index in [4.69, 9.17) is 4.74 Å². The predicted molar refractivity (Wildman–Crippen MR) is 222 cm³/mol. The molecule has 334 valence electrons. The van der Waals surface area contributed by atoms with E-state index >= 15 is 0 Å². The second kappa shape index (κ2) is 18.4. The van der Waals surface area contributed by atoms with Crippen LogP contribution in [0.15, 0.2) is 73.2 Å². The molecule has 2 aromatic carbocycles. The number of benzene rings is 2. The van der Waals surface area contributed by atoms with E-state index in [1.54, 1.807) is 12.1 Å². The Morgan fingerprint density at radius 3 is 2.48 bits per heavy atom. The van der Waals surface area contributed by atoms with Crippen molar-refractivity contribution < 1.29 is 50.3 Å². The fourth-order valence-electron chi connectivity index (χ4n) is 6.63. The monoisotopic (exact) mass is 905 g/mol. The van der Waals surface area contributed by atoms with E-state index in [1.165, 1.54) is 66.6 Å². The zero-order valence-electron chi connectivity index (χ0n) is 33.8. The van der Waals surface area contributed by atoms with Crippen molar-refractivity contribution in [3.63, 3.8) is 0 Å². The van der Waals surface area contributed by atoms with Crippen LogP contribution in [-0.4, -0.2) is 112 Å². The number of rotatable bonds is 17. The summed E-state index contributed by atoms with van der Waals surface area (Å²) in [6.45, 7) is 0.625. The maximum Gasteiger partial charge on any atom is 0.421 e. The summed E-state index contributed by atoms with van der Waals surface area (Å²) in [6, 6.07) is 12.8. The Balaban J connectivity index is 0.877. The highest BCUT2D eigenvalue weighted by atomic mass is 32.2. The third-order valence-corrected chi connectivity index (χ3v) is 11.0. The number of hydrogen-bond donors (Lipinski definition) is 5. The van der Waals surface area contributed by atoms with Gasteiger partial charge in [0.25, 0.3) is 17.7 Å². The number of sulfonamides is 1. The molecule has 1 atom stereocenters. The van der Waals surface area contributed by atoms with Crippen molar-refractivity contribution >= 4 is 74.2 Å². The number of hydrogen-bond acceptors (Lipinski definition) is 16. The van der Waals surface area contributed by atoms with E-state index in [0.29, 0.717) is 28.8 Å². The number of carbonyl (C=O) groups is 5. The fourth-order valence-corrected chi connectivity index (χ4v) is 7.10. The summed E-state index contributed by atoms with van der Waals surface area (Å²) in [5, 5.41) is 21.2. The summed E-state index contributed by atoms with van der Waals surface area (Å²) >= 11 is 0. The lowest BCUT2D eigenvalue weighted by atomic mass is 10.0. The average molecular weight is 906 g/mol. The molecule has 2 aliphatic rings. The Morgan fingerprint density at radius 2 is 1.75 bits per heavy atom. The van der Waals surface area contributed by atoms with Crippen LogP contribution >= 0.6 is 0 Å². The molecular formula is C39H38F3N13O8S. The summed E-state index contributed by atoms with van der Waals surface area (Å²) < 4.78 is 73.9. The number of aromatic nitrogens is 6. The Kier molecular flexibility index (Phi) is 12.8. The summed E-state index contributed by atoms with van der Waals surface area (Å²) in [6.07, 6.45) is -0.389. The minimum absolute atomic E-state index is 0.00641. The number of nitrogens with zero attached hydrogens (tertiary/aromatic N) is 8. The maximum absolute atomic E-state index is 13.9. The van der Waals surface area contributed by atoms with E-state index in [-0.39, 0.29) is 74.3 Å². The number of alkyl halides is 3. The second-order valence-corrected chi connectivity index (χ2v) is 16.3. The average Bonchev–Trinajstić information content (AvgIpc) is 3.83. The Labute approximate surface area is 361 Å². The first-order valence-electron chi connectivity index (χ1n) is 19.3. The van der Waals surface area contributed by atoms with E-state index in [9.17, 15) is 45.6 Å². The molecule has 0 saturated carbocycles. The lowest BCUT2D eigenvalue weighted by Crippen LogP contribution is -2.54. The van der Waals surface area contributed by atoms with E-state index in [1.807, 2.05) is 0 Å². The first kappa shape index (κ1) is 44.5. The number of fused-ring (bicyclic) bond motifs is 1. The van der Waals surface area contributed by atoms with Gasteiger partial charge in [0.05, 0.1) is 43.3 Å². The molecular weight excluding hydrogens is 868 g/mol. The maximum atomic E-state index is 13.9. The summed E-state index contributed by atoms with van der Waals surface area (Å²) in [4.78, 5) is 76.0. The zero-order chi connectivity index (χ0) is 45.8. The van der Waals surface area contributed by atoms with Crippen LogP contribution in [0.5, 0.6) is 0 Å². The van der Waals surface area contributed by atoms with E-state index in [0.717, 1.165) is 15.5 Å². The number of halogens is 3. The largest absolute Gasteiger partial charge is 0.421 e. The Hall–Kier alpha value is -7.54. The molecule has 7 rings (SSSR count). The quantitative estimate of drug-likeness (QED) is 0.0663. The van der Waals surface area contributed by atoms with Gasteiger partial charge in [0.1, 0.15) is 23.2 Å². The van der Waals surface area contributed by atoms with Gasteiger partial charge in [-0.1, -0.05) is 17.3 Å². The van der Waals surface area contributed by atoms with Crippen molar-refractivity contribution in [3.8, 4) is 0 Å². The van der Waals surface area contributed by atoms with Gasteiger partial charge in [-0.2, -0.15) is 18.2 Å². The lowest BCUT2D eigenvalue weighted by Gasteiger charge is -2.27. The van der Waals surface area contributed by atoms with Gasteiger partial charge in [-0.05, 0) is 48.9 Å². The number of imide groups is 2. The summed E-state index contributed by atoms with van der Waals surface area (Å²) in [7, 11) is -2.43. The highest BCUT2D eigenvalue weighted by Crippen LogP contribution is 2.35. The highest BCUT2D eigenvalue weighted by Gasteiger charge is 2.45. The number of pyridine rings is 1. The molecule has 5 aromatic rings. The zero-order valence-corrected chi connectivity index (χ0v) is 34.7. The number of carbonyl (C=O) groups excluding carboxylic acids is 5. The van der Waals surface area contributed by atoms with Gasteiger partial charge in [0, 0.05) is 61.6 Å². The smallest absolute Gasteiger partial charge is 0.382 e. The highest BCUT2D eigenvalue weighted by molar-refractivity contribution is 7.92. The fraction of sp³-hybridized carbons (Fsp3) is 0.282. The van der Waals surface area contributed by atoms with E-state index in [2.05, 4.69) is 51.8 Å². The summed E-state index contributed by atoms with van der Waals surface area (Å²) in [5.41, 5.74) is 0.561. The molecule has 5 heterocycles. The van der Waals surface area contributed by atoms with Gasteiger partial charge in [-0.25, -0.2) is 23.1 Å². The molecule has 5 amide bonds. The van der Waals surface area contributed by atoms with Gasteiger partial charge in [0.15, 0.2) is 5.69 Å². The van der Waals surface area contributed by atoms with Crippen molar-refractivity contribution in [2.45, 2.75) is 38.1 Å². The van der Waals surface area contributed by atoms with Crippen LogP contribution in [0.3, 0.4) is 0 Å². The number of piperidine rings is 1. The Morgan fingerprint density at radius 1 is 0.984 bits per heavy atom. The minimum Gasteiger partial charge on any atom is -0.382 e. The number of anilines is 6. The van der Waals surface area contributed by atoms with Crippen LogP contribution in [0.2, 0.25) is 0 Å². The van der Waals surface area contributed by atoms with Crippen LogP contribution in [0.4, 0.5) is 47.8 Å². The SMILES string of the molecule is CN(c1ncccc1CNc1nc(Nc2ccc(NC(=O)c3cn(CCOCCNc4cccc5c4C(=O)N(C4CCC(=O)NC4=O)C5=O)nn3)cc2)ncc1C(F)(F)F)S(C)(=O)=O. The predicted octanol–water partition coefficient (Wildman–Crippen LogP) is 3.02. The van der Waals surface area contributed by atoms with Gasteiger partial charge >= 0.3 is 6.18 Å². The second-order valence-electron chi connectivity index (χ2n) is 14.3. The number of ether oxygens (including phenoxy) is 1. The van der Waals surface area contributed by atoms with Crippen LogP contribution < -0.4 is 30.9 Å². The standard InChI is InChI=1S/C39H38F3N13O8S/c1-53(64(2,61)62)33-22(5-4-14-44-33)19-45-32-26(39(40,41)42)20-46-38(50-32)48-24-10-8-23(9-11-24)47-34(57)28-21-54(52-51-28)16-18-63-17-15-43-27-7-3-6-25-31(27)37(60)55(36(25)59)29-12-13-30(56)49-35(29)58/h3-11,14,20-21,29,43H,12-13,15-19H2,1-2H3,(H,47,57)(H,49,56,58)(H2,45,46,48,50). The van der Waals surface area contributed by atoms with Crippen LogP contribution in [0, 0.1) is 0 Å². The molecule has 25 heteroatoms. The van der Waals surface area contributed by atoms with Crippen molar-refractivity contribution in [2.24, 2.45) is 0 Å². The molecule has 5 N–H and O–H groups in total. The molecule has 0 spiro atoms. The molecule has 0 aliphatic carbocycles. The molecule has 21 nitrogen and oxygen atoms in total. The minimum atomic E-state index is -4.81. The molecule has 1 saturated heterocycles. The third-order valence-electron chi connectivity index (χ3n) is 9.87. The van der Waals surface area contributed by atoms with Crippen LogP contribution in [-0.2, 0) is 43.6 Å². The summed E-state index contributed by atoms with van der Waals surface area (Å²) in [5.74, 6) is -3.69. The molecule has 0 bridgehead atoms. The third kappa shape index (κ3) is 10.0. The van der Waals surface area contributed by atoms with Crippen molar-refractivity contribution in [3.05, 3.63) is 101 Å². The molecule has 1 fully saturated rings. The molecule has 3 aromatic heterocycles.